The third kappa shape index (κ3) is 3.07. The smallest absolute Gasteiger partial charge is 0.141 e. The highest BCUT2D eigenvalue weighted by molar-refractivity contribution is 6.39. The van der Waals surface area contributed by atoms with E-state index in [4.69, 9.17) is 28.2 Å². The first-order chi connectivity index (χ1) is 12.2. The lowest BCUT2D eigenvalue weighted by atomic mass is 10.1. The van der Waals surface area contributed by atoms with Crippen molar-refractivity contribution in [1.29, 1.82) is 0 Å². The standard InChI is InChI=1S/C21H14Cl2N2/c22-16-12-7-13-17(23)18(16)21-24-19(14-8-3-1-4-9-14)20(25-21)15-10-5-2-6-11-15/h1-13H,(H,24,25). The van der Waals surface area contributed by atoms with Crippen LogP contribution in [0, 0.1) is 0 Å². The number of rotatable bonds is 3. The molecule has 122 valence electrons. The summed E-state index contributed by atoms with van der Waals surface area (Å²) in [6.07, 6.45) is 0. The molecular formula is C21H14Cl2N2. The Hall–Kier alpha value is -2.55. The summed E-state index contributed by atoms with van der Waals surface area (Å²) in [5.74, 6) is 0.660. The molecule has 0 unspecified atom stereocenters. The Balaban J connectivity index is 1.96. The monoisotopic (exact) mass is 364 g/mol. The maximum atomic E-state index is 6.37. The quantitative estimate of drug-likeness (QED) is 0.429. The van der Waals surface area contributed by atoms with E-state index in [-0.39, 0.29) is 0 Å². The van der Waals surface area contributed by atoms with Gasteiger partial charge in [-0.15, -0.1) is 0 Å². The summed E-state index contributed by atoms with van der Waals surface area (Å²) in [6.45, 7) is 0. The topological polar surface area (TPSA) is 28.7 Å². The molecule has 0 aliphatic heterocycles. The Bertz CT molecular complexity index is 932. The summed E-state index contributed by atoms with van der Waals surface area (Å²) >= 11 is 12.7. The van der Waals surface area contributed by atoms with Crippen LogP contribution in [0.4, 0.5) is 0 Å². The maximum Gasteiger partial charge on any atom is 0.141 e. The minimum atomic E-state index is 0.570. The molecule has 4 rings (SSSR count). The van der Waals surface area contributed by atoms with E-state index in [1.165, 1.54) is 0 Å². The molecule has 0 radical (unpaired) electrons. The highest BCUT2D eigenvalue weighted by atomic mass is 35.5. The van der Waals surface area contributed by atoms with Crippen LogP contribution >= 0.6 is 23.2 Å². The number of imidazole rings is 1. The summed E-state index contributed by atoms with van der Waals surface area (Å²) in [4.78, 5) is 8.24. The summed E-state index contributed by atoms with van der Waals surface area (Å²) in [5, 5.41) is 1.14. The molecule has 0 saturated carbocycles. The van der Waals surface area contributed by atoms with Crippen molar-refractivity contribution < 1.29 is 0 Å². The van der Waals surface area contributed by atoms with E-state index in [0.29, 0.717) is 21.4 Å². The average molecular weight is 365 g/mol. The molecule has 0 atom stereocenters. The average Bonchev–Trinajstić information content (AvgIpc) is 3.08. The Morgan fingerprint density at radius 1 is 0.640 bits per heavy atom. The summed E-state index contributed by atoms with van der Waals surface area (Å²) in [7, 11) is 0. The predicted octanol–water partition coefficient (Wildman–Crippen LogP) is 6.72. The molecule has 3 aromatic carbocycles. The van der Waals surface area contributed by atoms with E-state index in [2.05, 4.69) is 17.1 Å². The van der Waals surface area contributed by atoms with Gasteiger partial charge in [-0.2, -0.15) is 0 Å². The molecule has 1 N–H and O–H groups in total. The molecule has 0 aliphatic carbocycles. The van der Waals surface area contributed by atoms with Crippen molar-refractivity contribution in [3.05, 3.63) is 88.9 Å². The Morgan fingerprint density at radius 2 is 1.20 bits per heavy atom. The highest BCUT2D eigenvalue weighted by Crippen LogP contribution is 2.37. The van der Waals surface area contributed by atoms with Gasteiger partial charge in [0, 0.05) is 11.1 Å². The number of halogens is 2. The zero-order valence-electron chi connectivity index (χ0n) is 13.2. The lowest BCUT2D eigenvalue weighted by Crippen LogP contribution is -1.84. The van der Waals surface area contributed by atoms with Gasteiger partial charge in [0.15, 0.2) is 0 Å². The normalized spacial score (nSPS) is 10.8. The Morgan fingerprint density at radius 3 is 1.80 bits per heavy atom. The largest absolute Gasteiger partial charge is 0.337 e. The van der Waals surface area contributed by atoms with Crippen LogP contribution in [0.3, 0.4) is 0 Å². The Kier molecular flexibility index (Phi) is 4.31. The van der Waals surface area contributed by atoms with Crippen molar-refractivity contribution in [2.75, 3.05) is 0 Å². The zero-order valence-corrected chi connectivity index (χ0v) is 14.7. The van der Waals surface area contributed by atoms with Gasteiger partial charge >= 0.3 is 0 Å². The lowest BCUT2D eigenvalue weighted by molar-refractivity contribution is 1.31. The third-order valence-electron chi connectivity index (χ3n) is 4.01. The zero-order chi connectivity index (χ0) is 17.2. The van der Waals surface area contributed by atoms with Crippen molar-refractivity contribution in [2.24, 2.45) is 0 Å². The van der Waals surface area contributed by atoms with Gasteiger partial charge in [-0.05, 0) is 12.1 Å². The third-order valence-corrected chi connectivity index (χ3v) is 4.64. The van der Waals surface area contributed by atoms with Crippen molar-refractivity contribution in [1.82, 2.24) is 9.97 Å². The Labute approximate surface area is 156 Å². The van der Waals surface area contributed by atoms with Crippen molar-refractivity contribution >= 4 is 23.2 Å². The first-order valence-corrected chi connectivity index (χ1v) is 8.65. The number of aromatic nitrogens is 2. The fraction of sp³-hybridized carbons (Fsp3) is 0. The molecule has 0 spiro atoms. The molecule has 0 fully saturated rings. The molecule has 1 aromatic heterocycles. The van der Waals surface area contributed by atoms with E-state index in [1.54, 1.807) is 0 Å². The van der Waals surface area contributed by atoms with Crippen LogP contribution < -0.4 is 0 Å². The predicted molar refractivity (Wildman–Crippen MR) is 105 cm³/mol. The first-order valence-electron chi connectivity index (χ1n) is 7.89. The molecule has 25 heavy (non-hydrogen) atoms. The van der Waals surface area contributed by atoms with Crippen LogP contribution in [0.5, 0.6) is 0 Å². The number of hydrogen-bond donors (Lipinski definition) is 1. The molecule has 0 saturated heterocycles. The van der Waals surface area contributed by atoms with Crippen molar-refractivity contribution in [3.8, 4) is 33.9 Å². The molecule has 0 aliphatic rings. The van der Waals surface area contributed by atoms with E-state index in [9.17, 15) is 0 Å². The number of nitrogens with one attached hydrogen (secondary N) is 1. The van der Waals surface area contributed by atoms with Crippen LogP contribution in [-0.4, -0.2) is 9.97 Å². The number of benzene rings is 3. The van der Waals surface area contributed by atoms with Crippen LogP contribution in [-0.2, 0) is 0 Å². The first kappa shape index (κ1) is 15.9. The van der Waals surface area contributed by atoms with E-state index in [0.717, 1.165) is 22.5 Å². The maximum absolute atomic E-state index is 6.37. The lowest BCUT2D eigenvalue weighted by Gasteiger charge is -2.03. The van der Waals surface area contributed by atoms with Crippen LogP contribution in [0.1, 0.15) is 0 Å². The van der Waals surface area contributed by atoms with Crippen LogP contribution in [0.15, 0.2) is 78.9 Å². The van der Waals surface area contributed by atoms with Gasteiger partial charge in [-0.25, -0.2) is 4.98 Å². The van der Waals surface area contributed by atoms with Gasteiger partial charge < -0.3 is 4.98 Å². The summed E-state index contributed by atoms with van der Waals surface area (Å²) < 4.78 is 0. The SMILES string of the molecule is Clc1cccc(Cl)c1-c1nc(-c2ccccc2)c(-c2ccccc2)[nH]1. The summed E-state index contributed by atoms with van der Waals surface area (Å²) in [6, 6.07) is 25.6. The van der Waals surface area contributed by atoms with Crippen LogP contribution in [0.2, 0.25) is 10.0 Å². The minimum Gasteiger partial charge on any atom is -0.337 e. The molecule has 0 amide bonds. The van der Waals surface area contributed by atoms with Gasteiger partial charge in [0.2, 0.25) is 0 Å². The fourth-order valence-corrected chi connectivity index (χ4v) is 3.41. The minimum absolute atomic E-state index is 0.570. The van der Waals surface area contributed by atoms with Gasteiger partial charge in [0.05, 0.1) is 27.0 Å². The molecule has 1 heterocycles. The van der Waals surface area contributed by atoms with Crippen LogP contribution in [0.25, 0.3) is 33.9 Å². The van der Waals surface area contributed by atoms with Gasteiger partial charge in [-0.1, -0.05) is 89.9 Å². The number of aromatic amines is 1. The van der Waals surface area contributed by atoms with E-state index in [1.807, 2.05) is 66.7 Å². The van der Waals surface area contributed by atoms with E-state index >= 15 is 0 Å². The van der Waals surface area contributed by atoms with Gasteiger partial charge in [-0.3, -0.25) is 0 Å². The number of nitrogens with zero attached hydrogens (tertiary/aromatic N) is 1. The van der Waals surface area contributed by atoms with Gasteiger partial charge in [0.25, 0.3) is 0 Å². The highest BCUT2D eigenvalue weighted by Gasteiger charge is 2.18. The number of hydrogen-bond acceptors (Lipinski definition) is 1. The summed E-state index contributed by atoms with van der Waals surface area (Å²) in [5.41, 5.74) is 4.62. The second kappa shape index (κ2) is 6.75. The number of H-pyrrole nitrogens is 1. The van der Waals surface area contributed by atoms with Crippen molar-refractivity contribution in [2.45, 2.75) is 0 Å². The molecule has 0 bridgehead atoms. The molecule has 4 heteroatoms. The second-order valence-corrected chi connectivity index (χ2v) is 6.45. The van der Waals surface area contributed by atoms with Gasteiger partial charge in [0.1, 0.15) is 5.82 Å². The molecular weight excluding hydrogens is 351 g/mol. The molecule has 4 aromatic rings. The van der Waals surface area contributed by atoms with E-state index < -0.39 is 0 Å². The van der Waals surface area contributed by atoms with Crippen molar-refractivity contribution in [3.63, 3.8) is 0 Å². The fourth-order valence-electron chi connectivity index (χ4n) is 2.83. The molecule has 2 nitrogen and oxygen atoms in total. The second-order valence-electron chi connectivity index (χ2n) is 5.64.